The summed E-state index contributed by atoms with van der Waals surface area (Å²) in [5.74, 6) is 1.11. The molecule has 0 fully saturated rings. The van der Waals surface area contributed by atoms with Crippen LogP contribution in [0.2, 0.25) is 5.02 Å². The van der Waals surface area contributed by atoms with Crippen LogP contribution in [-0.2, 0) is 6.42 Å². The van der Waals surface area contributed by atoms with Gasteiger partial charge < -0.3 is 9.47 Å². The minimum Gasteiger partial charge on any atom is -0.490 e. The van der Waals surface area contributed by atoms with Crippen molar-refractivity contribution in [3.63, 3.8) is 0 Å². The zero-order valence-corrected chi connectivity index (χ0v) is 24.8. The van der Waals surface area contributed by atoms with Gasteiger partial charge in [-0.2, -0.15) is 9.78 Å². The van der Waals surface area contributed by atoms with Crippen LogP contribution in [0.5, 0.6) is 17.4 Å². The molecule has 39 heavy (non-hydrogen) atoms. The van der Waals surface area contributed by atoms with Crippen molar-refractivity contribution in [3.05, 3.63) is 88.4 Å². The lowest BCUT2D eigenvalue weighted by atomic mass is 10.2. The molecule has 2 aromatic heterocycles. The van der Waals surface area contributed by atoms with Crippen molar-refractivity contribution in [1.82, 2.24) is 14.6 Å². The summed E-state index contributed by atoms with van der Waals surface area (Å²) >= 11 is 13.5. The second kappa shape index (κ2) is 12.7. The summed E-state index contributed by atoms with van der Waals surface area (Å²) < 4.78 is 14.1. The molecule has 0 saturated carbocycles. The number of aryl methyl sites for hydroxylation is 1. The van der Waals surface area contributed by atoms with Gasteiger partial charge in [0.15, 0.2) is 11.5 Å². The number of ether oxygens (including phenoxy) is 2. The highest BCUT2D eigenvalue weighted by molar-refractivity contribution is 9.10. The molecule has 0 spiro atoms. The molecule has 4 rings (SSSR count). The van der Waals surface area contributed by atoms with Crippen LogP contribution in [0.15, 0.2) is 61.4 Å². The van der Waals surface area contributed by atoms with Crippen molar-refractivity contribution in [3.8, 4) is 17.4 Å². The quantitative estimate of drug-likeness (QED) is 0.0980. The van der Waals surface area contributed by atoms with Crippen LogP contribution in [0.25, 0.3) is 10.9 Å². The average Bonchev–Trinajstić information content (AvgIpc) is 2.92. The molecule has 4 aromatic rings. The number of halogens is 3. The number of fused-ring (bicyclic) bond motifs is 1. The molecule has 202 valence electrons. The smallest absolute Gasteiger partial charge is 0.287 e. The summed E-state index contributed by atoms with van der Waals surface area (Å²) in [6.45, 7) is 4.17. The number of hydrogen-bond donors (Lipinski definition) is 0. The first kappa shape index (κ1) is 28.7. The van der Waals surface area contributed by atoms with E-state index < -0.39 is 4.92 Å². The average molecular weight is 680 g/mol. The lowest BCUT2D eigenvalue weighted by molar-refractivity contribution is -0.385. The van der Waals surface area contributed by atoms with E-state index in [-0.39, 0.29) is 27.9 Å². The van der Waals surface area contributed by atoms with Gasteiger partial charge in [-0.25, -0.2) is 9.97 Å². The van der Waals surface area contributed by atoms with E-state index in [9.17, 15) is 14.9 Å². The van der Waals surface area contributed by atoms with E-state index in [1.165, 1.54) is 23.0 Å². The van der Waals surface area contributed by atoms with E-state index in [0.29, 0.717) is 45.5 Å². The van der Waals surface area contributed by atoms with Gasteiger partial charge in [0.2, 0.25) is 5.88 Å². The van der Waals surface area contributed by atoms with Gasteiger partial charge in [-0.3, -0.25) is 14.9 Å². The molecule has 0 unspecified atom stereocenters. The fourth-order valence-corrected chi connectivity index (χ4v) is 4.63. The fourth-order valence-electron chi connectivity index (χ4n) is 3.63. The Morgan fingerprint density at radius 2 is 2.00 bits per heavy atom. The van der Waals surface area contributed by atoms with Crippen LogP contribution >= 0.6 is 43.5 Å². The van der Waals surface area contributed by atoms with Crippen molar-refractivity contribution < 1.29 is 14.4 Å². The predicted octanol–water partition coefficient (Wildman–Crippen LogP) is 7.29. The highest BCUT2D eigenvalue weighted by Gasteiger charge is 2.20. The van der Waals surface area contributed by atoms with Crippen LogP contribution in [0.3, 0.4) is 0 Å². The minimum absolute atomic E-state index is 0.0947. The Bertz CT molecular complexity index is 1630. The van der Waals surface area contributed by atoms with E-state index >= 15 is 0 Å². The molecule has 2 aromatic carbocycles. The zero-order valence-electron chi connectivity index (χ0n) is 20.9. The van der Waals surface area contributed by atoms with Crippen molar-refractivity contribution in [2.75, 3.05) is 6.61 Å². The third kappa shape index (κ3) is 6.45. The first-order chi connectivity index (χ1) is 18.7. The Labute approximate surface area is 245 Å². The number of nitro groups is 1. The summed E-state index contributed by atoms with van der Waals surface area (Å²) in [5.41, 5.74) is 0.663. The molecular weight excluding hydrogens is 658 g/mol. The Kier molecular flexibility index (Phi) is 9.31. The van der Waals surface area contributed by atoms with Crippen molar-refractivity contribution >= 4 is 66.3 Å². The molecule has 0 N–H and O–H groups in total. The fraction of sp³-hybridized carbons (Fsp3) is 0.231. The molecule has 0 aliphatic heterocycles. The molecular formula is C26H22Br2ClN5O5. The number of aromatic nitrogens is 3. The molecule has 0 amide bonds. The standard InChI is InChI=1S/C26H22Br2ClN5O5/c1-3-5-6-21-32-19-9-7-16(27)12-18(19)26(35)33(21)31-13-15-11-20(38-4-2)25(24(29)23(15)28)39-22-10-8-17(14-30-22)34(36)37/h7-14H,3-6H2,1-2H3. The lowest BCUT2D eigenvalue weighted by Gasteiger charge is -2.15. The molecule has 0 saturated heterocycles. The van der Waals surface area contributed by atoms with E-state index in [0.717, 1.165) is 23.5 Å². The van der Waals surface area contributed by atoms with Gasteiger partial charge in [0.25, 0.3) is 11.2 Å². The van der Waals surface area contributed by atoms with Gasteiger partial charge in [0.1, 0.15) is 17.0 Å². The monoisotopic (exact) mass is 677 g/mol. The van der Waals surface area contributed by atoms with Crippen molar-refractivity contribution in [2.24, 2.45) is 5.10 Å². The molecule has 0 radical (unpaired) electrons. The molecule has 0 atom stereocenters. The summed E-state index contributed by atoms with van der Waals surface area (Å²) in [6.07, 6.45) is 4.94. The highest BCUT2D eigenvalue weighted by atomic mass is 79.9. The van der Waals surface area contributed by atoms with E-state index in [1.807, 2.05) is 6.07 Å². The molecule has 0 aliphatic carbocycles. The van der Waals surface area contributed by atoms with Gasteiger partial charge in [-0.1, -0.05) is 40.9 Å². The molecule has 13 heteroatoms. The molecule has 10 nitrogen and oxygen atoms in total. The Morgan fingerprint density at radius 1 is 1.21 bits per heavy atom. The Hall–Kier alpha value is -3.35. The van der Waals surface area contributed by atoms with Crippen molar-refractivity contribution in [2.45, 2.75) is 33.1 Å². The predicted molar refractivity (Wildman–Crippen MR) is 157 cm³/mol. The van der Waals surface area contributed by atoms with Crippen LogP contribution in [0.4, 0.5) is 5.69 Å². The number of nitrogens with zero attached hydrogens (tertiary/aromatic N) is 5. The topological polar surface area (TPSA) is 122 Å². The van der Waals surface area contributed by atoms with Gasteiger partial charge in [-0.05, 0) is 53.5 Å². The largest absolute Gasteiger partial charge is 0.490 e. The molecule has 0 aliphatic rings. The number of pyridine rings is 1. The van der Waals surface area contributed by atoms with Crippen molar-refractivity contribution in [1.29, 1.82) is 0 Å². The normalized spacial score (nSPS) is 11.3. The summed E-state index contributed by atoms with van der Waals surface area (Å²) in [6, 6.07) is 9.66. The third-order valence-corrected chi connectivity index (χ3v) is 7.47. The minimum atomic E-state index is -0.553. The van der Waals surface area contributed by atoms with Crippen LogP contribution < -0.4 is 15.0 Å². The van der Waals surface area contributed by atoms with Gasteiger partial charge in [0, 0.05) is 33.1 Å². The van der Waals surface area contributed by atoms with Gasteiger partial charge >= 0.3 is 0 Å². The molecule has 2 heterocycles. The number of rotatable bonds is 10. The van der Waals surface area contributed by atoms with Crippen LogP contribution in [0.1, 0.15) is 38.1 Å². The Balaban J connectivity index is 1.77. The SMILES string of the molecule is CCCCc1nc2ccc(Br)cc2c(=O)n1N=Cc1cc(OCC)c(Oc2ccc([N+](=O)[O-])cn2)c(Cl)c1Br. The van der Waals surface area contributed by atoms with Crippen LogP contribution in [-0.4, -0.2) is 32.4 Å². The zero-order chi connectivity index (χ0) is 28.1. The maximum absolute atomic E-state index is 13.4. The van der Waals surface area contributed by atoms with E-state index in [2.05, 4.69) is 53.9 Å². The number of unbranched alkanes of at least 4 members (excludes halogenated alkanes) is 1. The summed E-state index contributed by atoms with van der Waals surface area (Å²) in [5, 5.41) is 16.0. The second-order valence-corrected chi connectivity index (χ2v) is 10.3. The van der Waals surface area contributed by atoms with Gasteiger partial charge in [-0.15, -0.1) is 0 Å². The van der Waals surface area contributed by atoms with E-state index in [1.54, 1.807) is 25.1 Å². The first-order valence-corrected chi connectivity index (χ1v) is 13.9. The third-order valence-electron chi connectivity index (χ3n) is 5.54. The van der Waals surface area contributed by atoms with Crippen LogP contribution in [0, 0.1) is 10.1 Å². The maximum Gasteiger partial charge on any atom is 0.287 e. The maximum atomic E-state index is 13.4. The second-order valence-electron chi connectivity index (χ2n) is 8.22. The Morgan fingerprint density at radius 3 is 2.67 bits per heavy atom. The highest BCUT2D eigenvalue weighted by Crippen LogP contribution is 2.44. The molecule has 0 bridgehead atoms. The number of benzene rings is 2. The van der Waals surface area contributed by atoms with Gasteiger partial charge in [0.05, 0.1) is 28.6 Å². The summed E-state index contributed by atoms with van der Waals surface area (Å²) in [7, 11) is 0. The lowest BCUT2D eigenvalue weighted by Crippen LogP contribution is -2.22. The first-order valence-electron chi connectivity index (χ1n) is 11.9. The van der Waals surface area contributed by atoms with E-state index in [4.69, 9.17) is 21.1 Å². The summed E-state index contributed by atoms with van der Waals surface area (Å²) in [4.78, 5) is 32.4. The number of hydrogen-bond acceptors (Lipinski definition) is 8.